The molecule has 0 unspecified atom stereocenters. The molecule has 1 N–H and O–H groups in total. The van der Waals surface area contributed by atoms with Crippen LogP contribution in [0, 0.1) is 6.92 Å². The standard InChI is InChI=1S/C24H24Cl2N2O4/c1-3-4-5-6-12-32-21-11-10-17(25)13-16(21)14-18-22(29)27-24(31)28(23(18)30)20-9-7-8-19(26)15(20)2/h7-11,13-14H,3-6,12H2,1-2H3,(H,27,29,31)/b18-14-. The molecule has 0 atom stereocenters. The molecule has 32 heavy (non-hydrogen) atoms. The number of halogens is 2. The summed E-state index contributed by atoms with van der Waals surface area (Å²) < 4.78 is 5.87. The van der Waals surface area contributed by atoms with Gasteiger partial charge in [0.15, 0.2) is 0 Å². The molecule has 0 radical (unpaired) electrons. The van der Waals surface area contributed by atoms with Gasteiger partial charge in [-0.1, -0.05) is 55.5 Å². The average Bonchev–Trinajstić information content (AvgIpc) is 2.75. The number of anilines is 1. The van der Waals surface area contributed by atoms with E-state index in [9.17, 15) is 14.4 Å². The van der Waals surface area contributed by atoms with Gasteiger partial charge in [-0.2, -0.15) is 0 Å². The molecule has 2 aromatic carbocycles. The molecule has 4 amide bonds. The summed E-state index contributed by atoms with van der Waals surface area (Å²) in [4.78, 5) is 39.1. The molecule has 2 aromatic rings. The van der Waals surface area contributed by atoms with Crippen LogP contribution in [0.3, 0.4) is 0 Å². The van der Waals surface area contributed by atoms with E-state index >= 15 is 0 Å². The molecule has 1 heterocycles. The Balaban J connectivity index is 1.94. The number of carbonyl (C=O) groups excluding carboxylic acids is 3. The zero-order valence-corrected chi connectivity index (χ0v) is 19.4. The molecule has 0 bridgehead atoms. The van der Waals surface area contributed by atoms with Gasteiger partial charge >= 0.3 is 6.03 Å². The van der Waals surface area contributed by atoms with Crippen LogP contribution in [0.1, 0.15) is 43.7 Å². The number of barbiturate groups is 1. The molecule has 8 heteroatoms. The fourth-order valence-electron chi connectivity index (χ4n) is 3.34. The summed E-state index contributed by atoms with van der Waals surface area (Å²) in [5.74, 6) is -1.04. The van der Waals surface area contributed by atoms with Crippen molar-refractivity contribution in [1.82, 2.24) is 5.32 Å². The van der Waals surface area contributed by atoms with Crippen molar-refractivity contribution in [3.63, 3.8) is 0 Å². The number of benzene rings is 2. The van der Waals surface area contributed by atoms with Gasteiger partial charge in [-0.3, -0.25) is 14.9 Å². The van der Waals surface area contributed by atoms with E-state index in [1.165, 1.54) is 6.08 Å². The predicted molar refractivity (Wildman–Crippen MR) is 126 cm³/mol. The van der Waals surface area contributed by atoms with E-state index in [1.807, 2.05) is 0 Å². The number of rotatable bonds is 8. The highest BCUT2D eigenvalue weighted by Crippen LogP contribution is 2.31. The number of imide groups is 2. The van der Waals surface area contributed by atoms with Crippen LogP contribution >= 0.6 is 23.2 Å². The molecule has 1 aliphatic rings. The minimum absolute atomic E-state index is 0.206. The first kappa shape index (κ1) is 23.8. The first-order valence-corrected chi connectivity index (χ1v) is 11.2. The quantitative estimate of drug-likeness (QED) is 0.292. The minimum atomic E-state index is -0.832. The van der Waals surface area contributed by atoms with Crippen molar-refractivity contribution in [2.45, 2.75) is 39.5 Å². The highest BCUT2D eigenvalue weighted by atomic mass is 35.5. The molecule has 3 rings (SSSR count). The second-order valence-corrected chi connectivity index (χ2v) is 8.28. The predicted octanol–water partition coefficient (Wildman–Crippen LogP) is 5.93. The monoisotopic (exact) mass is 474 g/mol. The van der Waals surface area contributed by atoms with E-state index < -0.39 is 17.8 Å². The number of nitrogens with one attached hydrogen (secondary N) is 1. The Kier molecular flexibility index (Phi) is 7.94. The Morgan fingerprint density at radius 1 is 1.06 bits per heavy atom. The average molecular weight is 475 g/mol. The number of hydrogen-bond acceptors (Lipinski definition) is 4. The third-order valence-corrected chi connectivity index (χ3v) is 5.75. The summed E-state index contributed by atoms with van der Waals surface area (Å²) in [6.45, 7) is 4.33. The van der Waals surface area contributed by atoms with Gasteiger partial charge in [0.1, 0.15) is 11.3 Å². The van der Waals surface area contributed by atoms with Gasteiger partial charge < -0.3 is 4.74 Å². The fraction of sp³-hybridized carbons (Fsp3) is 0.292. The molecule has 0 aliphatic carbocycles. The highest BCUT2D eigenvalue weighted by molar-refractivity contribution is 6.40. The van der Waals surface area contributed by atoms with Crippen LogP contribution in [0.5, 0.6) is 5.75 Å². The van der Waals surface area contributed by atoms with Gasteiger partial charge in [0.2, 0.25) is 0 Å². The molecule has 6 nitrogen and oxygen atoms in total. The van der Waals surface area contributed by atoms with E-state index in [0.717, 1.165) is 30.6 Å². The molecular formula is C24H24Cl2N2O4. The minimum Gasteiger partial charge on any atom is -0.493 e. The largest absolute Gasteiger partial charge is 0.493 e. The van der Waals surface area contributed by atoms with Crippen molar-refractivity contribution in [2.75, 3.05) is 11.5 Å². The van der Waals surface area contributed by atoms with Crippen molar-refractivity contribution in [3.8, 4) is 5.75 Å². The zero-order valence-electron chi connectivity index (χ0n) is 17.9. The summed E-state index contributed by atoms with van der Waals surface area (Å²) >= 11 is 12.3. The van der Waals surface area contributed by atoms with Crippen LogP contribution in [0.25, 0.3) is 6.08 Å². The SMILES string of the molecule is CCCCCCOc1ccc(Cl)cc1/C=C1/C(=O)NC(=O)N(c2cccc(Cl)c2C)C1=O. The Morgan fingerprint density at radius 3 is 2.59 bits per heavy atom. The maximum absolute atomic E-state index is 13.2. The Bertz CT molecular complexity index is 1080. The van der Waals surface area contributed by atoms with E-state index in [2.05, 4.69) is 12.2 Å². The van der Waals surface area contributed by atoms with E-state index in [0.29, 0.717) is 39.2 Å². The topological polar surface area (TPSA) is 75.7 Å². The van der Waals surface area contributed by atoms with Crippen LogP contribution in [-0.2, 0) is 9.59 Å². The van der Waals surface area contributed by atoms with Gasteiger partial charge in [0.05, 0.1) is 12.3 Å². The van der Waals surface area contributed by atoms with Crippen molar-refractivity contribution >= 4 is 52.8 Å². The van der Waals surface area contributed by atoms with E-state index in [-0.39, 0.29) is 5.57 Å². The van der Waals surface area contributed by atoms with Crippen LogP contribution in [0.4, 0.5) is 10.5 Å². The maximum Gasteiger partial charge on any atom is 0.335 e. The lowest BCUT2D eigenvalue weighted by atomic mass is 10.0. The van der Waals surface area contributed by atoms with Crippen molar-refractivity contribution in [3.05, 3.63) is 63.1 Å². The van der Waals surface area contributed by atoms with Gasteiger partial charge in [-0.05, 0) is 55.3 Å². The van der Waals surface area contributed by atoms with Crippen LogP contribution in [0.2, 0.25) is 10.0 Å². The Labute approximate surface area is 197 Å². The normalized spacial score (nSPS) is 15.3. The first-order chi connectivity index (χ1) is 15.3. The smallest absolute Gasteiger partial charge is 0.335 e. The van der Waals surface area contributed by atoms with Crippen LogP contribution in [-0.4, -0.2) is 24.5 Å². The number of urea groups is 1. The lowest BCUT2D eigenvalue weighted by Crippen LogP contribution is -2.54. The lowest BCUT2D eigenvalue weighted by Gasteiger charge is -2.27. The second-order valence-electron chi connectivity index (χ2n) is 7.43. The molecule has 1 saturated heterocycles. The van der Waals surface area contributed by atoms with Gasteiger partial charge in [0, 0.05) is 15.6 Å². The van der Waals surface area contributed by atoms with Crippen molar-refractivity contribution in [1.29, 1.82) is 0 Å². The maximum atomic E-state index is 13.2. The number of nitrogens with zero attached hydrogens (tertiary/aromatic N) is 1. The first-order valence-electron chi connectivity index (χ1n) is 10.4. The molecule has 0 saturated carbocycles. The summed E-state index contributed by atoms with van der Waals surface area (Å²) in [6.07, 6.45) is 5.59. The summed E-state index contributed by atoms with van der Waals surface area (Å²) in [5, 5.41) is 3.05. The zero-order chi connectivity index (χ0) is 23.3. The van der Waals surface area contributed by atoms with Gasteiger partial charge in [-0.25, -0.2) is 9.69 Å². The molecule has 0 aromatic heterocycles. The number of ether oxygens (including phenoxy) is 1. The van der Waals surface area contributed by atoms with Crippen molar-refractivity contribution in [2.24, 2.45) is 0 Å². The van der Waals surface area contributed by atoms with Gasteiger partial charge in [-0.15, -0.1) is 0 Å². The Hall–Kier alpha value is -2.83. The number of unbranched alkanes of at least 4 members (excludes halogenated alkanes) is 3. The molecule has 0 spiro atoms. The molecule has 1 fully saturated rings. The number of amides is 4. The van der Waals surface area contributed by atoms with Gasteiger partial charge in [0.25, 0.3) is 11.8 Å². The number of carbonyl (C=O) groups is 3. The molecule has 1 aliphatic heterocycles. The summed E-state index contributed by atoms with van der Waals surface area (Å²) in [6, 6.07) is 9.04. The lowest BCUT2D eigenvalue weighted by molar-refractivity contribution is -0.122. The third-order valence-electron chi connectivity index (χ3n) is 5.11. The highest BCUT2D eigenvalue weighted by Gasteiger charge is 2.37. The molecular weight excluding hydrogens is 451 g/mol. The Morgan fingerprint density at radius 2 is 1.84 bits per heavy atom. The fourth-order valence-corrected chi connectivity index (χ4v) is 3.69. The number of hydrogen-bond donors (Lipinski definition) is 1. The van der Waals surface area contributed by atoms with Crippen LogP contribution in [0.15, 0.2) is 42.0 Å². The van der Waals surface area contributed by atoms with Crippen molar-refractivity contribution < 1.29 is 19.1 Å². The summed E-state index contributed by atoms with van der Waals surface area (Å²) in [5.41, 5.74) is 1.12. The molecule has 168 valence electrons. The van der Waals surface area contributed by atoms with Crippen LogP contribution < -0.4 is 15.0 Å². The van der Waals surface area contributed by atoms with E-state index in [4.69, 9.17) is 27.9 Å². The van der Waals surface area contributed by atoms with E-state index in [1.54, 1.807) is 43.3 Å². The summed E-state index contributed by atoms with van der Waals surface area (Å²) in [7, 11) is 0. The third kappa shape index (κ3) is 5.31. The second kappa shape index (κ2) is 10.7.